The Bertz CT molecular complexity index is 588. The van der Waals surface area contributed by atoms with Crippen LogP contribution in [0.2, 0.25) is 0 Å². The second kappa shape index (κ2) is 5.56. The summed E-state index contributed by atoms with van der Waals surface area (Å²) in [5.41, 5.74) is 7.35. The van der Waals surface area contributed by atoms with Gasteiger partial charge in [-0.15, -0.1) is 11.8 Å². The Hall–Kier alpha value is -1.99. The van der Waals surface area contributed by atoms with E-state index in [1.165, 1.54) is 6.07 Å². The molecule has 90 valence electrons. The van der Waals surface area contributed by atoms with Crippen molar-refractivity contribution in [2.45, 2.75) is 10.6 Å². The number of thioether (sulfide) groups is 1. The molecule has 0 bridgehead atoms. The lowest BCUT2D eigenvalue weighted by atomic mass is 10.1. The number of nitrogens with two attached hydrogens (primary N) is 1. The fourth-order valence-electron chi connectivity index (χ4n) is 1.48. The maximum absolute atomic E-state index is 13.1. The van der Waals surface area contributed by atoms with Crippen LogP contribution in [0.25, 0.3) is 0 Å². The number of nitriles is 1. The first-order chi connectivity index (χ1) is 8.69. The van der Waals surface area contributed by atoms with Gasteiger partial charge in [0.05, 0.1) is 5.56 Å². The van der Waals surface area contributed by atoms with Gasteiger partial charge in [-0.05, 0) is 42.0 Å². The van der Waals surface area contributed by atoms with Crippen molar-refractivity contribution in [1.29, 1.82) is 5.26 Å². The van der Waals surface area contributed by atoms with Crippen LogP contribution in [0.5, 0.6) is 0 Å². The molecule has 0 fully saturated rings. The van der Waals surface area contributed by atoms with Crippen LogP contribution in [0, 0.1) is 17.1 Å². The Morgan fingerprint density at radius 3 is 2.56 bits per heavy atom. The van der Waals surface area contributed by atoms with Gasteiger partial charge in [-0.2, -0.15) is 5.26 Å². The minimum Gasteiger partial charge on any atom is -0.399 e. The smallest absolute Gasteiger partial charge is 0.140 e. The van der Waals surface area contributed by atoms with Crippen molar-refractivity contribution in [2.75, 3.05) is 5.73 Å². The van der Waals surface area contributed by atoms with Gasteiger partial charge in [0.1, 0.15) is 11.9 Å². The zero-order valence-corrected chi connectivity index (χ0v) is 10.4. The molecule has 0 aliphatic carbocycles. The minimum absolute atomic E-state index is 0.0883. The number of rotatable bonds is 3. The van der Waals surface area contributed by atoms with Gasteiger partial charge in [0.15, 0.2) is 0 Å². The van der Waals surface area contributed by atoms with Crippen LogP contribution in [-0.4, -0.2) is 0 Å². The molecule has 0 unspecified atom stereocenters. The molecule has 0 amide bonds. The highest BCUT2D eigenvalue weighted by atomic mass is 32.2. The SMILES string of the molecule is N#Cc1cc(CSc2ccc(N)cc2)ccc1F. The summed E-state index contributed by atoms with van der Waals surface area (Å²) in [4.78, 5) is 1.09. The third-order valence-corrected chi connectivity index (χ3v) is 3.52. The van der Waals surface area contributed by atoms with E-state index >= 15 is 0 Å². The Morgan fingerprint density at radius 1 is 1.17 bits per heavy atom. The van der Waals surface area contributed by atoms with Gasteiger partial charge in [0.25, 0.3) is 0 Å². The molecule has 2 rings (SSSR count). The molecule has 2 aromatic rings. The second-order valence-corrected chi connectivity index (χ2v) is 4.83. The summed E-state index contributed by atoms with van der Waals surface area (Å²) in [5, 5.41) is 8.75. The lowest BCUT2D eigenvalue weighted by Crippen LogP contribution is -1.88. The number of nitrogens with zero attached hydrogens (tertiary/aromatic N) is 1. The molecule has 0 aliphatic heterocycles. The first-order valence-corrected chi connectivity index (χ1v) is 6.34. The molecule has 2 N–H and O–H groups in total. The normalized spacial score (nSPS) is 10.0. The zero-order valence-electron chi connectivity index (χ0n) is 9.56. The summed E-state index contributed by atoms with van der Waals surface area (Å²) in [6.07, 6.45) is 0. The molecular formula is C14H11FN2S. The predicted molar refractivity (Wildman–Crippen MR) is 71.5 cm³/mol. The average Bonchev–Trinajstić information content (AvgIpc) is 2.39. The Labute approximate surface area is 109 Å². The summed E-state index contributed by atoms with van der Waals surface area (Å²) in [5.74, 6) is 0.220. The summed E-state index contributed by atoms with van der Waals surface area (Å²) in [6, 6.07) is 14.0. The van der Waals surface area contributed by atoms with E-state index in [0.29, 0.717) is 5.75 Å². The van der Waals surface area contributed by atoms with Gasteiger partial charge in [0, 0.05) is 16.3 Å². The zero-order chi connectivity index (χ0) is 13.0. The van der Waals surface area contributed by atoms with Crippen LogP contribution < -0.4 is 5.73 Å². The van der Waals surface area contributed by atoms with Gasteiger partial charge < -0.3 is 5.73 Å². The van der Waals surface area contributed by atoms with E-state index in [1.807, 2.05) is 30.3 Å². The topological polar surface area (TPSA) is 49.8 Å². The summed E-state index contributed by atoms with van der Waals surface area (Å²) >= 11 is 1.62. The molecular weight excluding hydrogens is 247 g/mol. The van der Waals surface area contributed by atoms with Crippen molar-refractivity contribution < 1.29 is 4.39 Å². The Morgan fingerprint density at radius 2 is 1.89 bits per heavy atom. The van der Waals surface area contributed by atoms with Gasteiger partial charge in [-0.25, -0.2) is 4.39 Å². The maximum atomic E-state index is 13.1. The highest BCUT2D eigenvalue weighted by Gasteiger charge is 2.03. The number of hydrogen-bond donors (Lipinski definition) is 1. The van der Waals surface area contributed by atoms with Gasteiger partial charge in [-0.1, -0.05) is 6.07 Å². The fourth-order valence-corrected chi connectivity index (χ4v) is 2.32. The van der Waals surface area contributed by atoms with Crippen LogP contribution in [0.3, 0.4) is 0 Å². The summed E-state index contributed by atoms with van der Waals surface area (Å²) < 4.78 is 13.1. The second-order valence-electron chi connectivity index (χ2n) is 3.78. The molecule has 0 spiro atoms. The lowest BCUT2D eigenvalue weighted by molar-refractivity contribution is 0.623. The van der Waals surface area contributed by atoms with Crippen molar-refractivity contribution in [3.05, 3.63) is 59.4 Å². The average molecular weight is 258 g/mol. The van der Waals surface area contributed by atoms with Crippen LogP contribution in [0.4, 0.5) is 10.1 Å². The van der Waals surface area contributed by atoms with Crippen molar-refractivity contribution in [3.8, 4) is 6.07 Å². The van der Waals surface area contributed by atoms with Gasteiger partial charge >= 0.3 is 0 Å². The molecule has 0 aromatic heterocycles. The predicted octanol–water partition coefficient (Wildman–Crippen LogP) is 3.57. The van der Waals surface area contributed by atoms with Crippen LogP contribution in [0.1, 0.15) is 11.1 Å². The summed E-state index contributed by atoms with van der Waals surface area (Å²) in [6.45, 7) is 0. The molecule has 0 saturated heterocycles. The molecule has 0 aliphatic rings. The molecule has 4 heteroatoms. The van der Waals surface area contributed by atoms with Crippen molar-refractivity contribution in [2.24, 2.45) is 0 Å². The van der Waals surface area contributed by atoms with E-state index in [0.717, 1.165) is 16.1 Å². The van der Waals surface area contributed by atoms with E-state index in [1.54, 1.807) is 23.9 Å². The molecule has 0 atom stereocenters. The molecule has 2 aromatic carbocycles. The molecule has 0 saturated carbocycles. The monoisotopic (exact) mass is 258 g/mol. The van der Waals surface area contributed by atoms with E-state index in [2.05, 4.69) is 0 Å². The number of anilines is 1. The molecule has 2 nitrogen and oxygen atoms in total. The van der Waals surface area contributed by atoms with E-state index in [-0.39, 0.29) is 5.56 Å². The number of hydrogen-bond acceptors (Lipinski definition) is 3. The van der Waals surface area contributed by atoms with Gasteiger partial charge in [0.2, 0.25) is 0 Å². The number of nitrogen functional groups attached to an aromatic ring is 1. The highest BCUT2D eigenvalue weighted by molar-refractivity contribution is 7.98. The van der Waals surface area contributed by atoms with Gasteiger partial charge in [-0.3, -0.25) is 0 Å². The molecule has 0 radical (unpaired) electrons. The third-order valence-electron chi connectivity index (χ3n) is 2.44. The van der Waals surface area contributed by atoms with Crippen molar-refractivity contribution in [1.82, 2.24) is 0 Å². The van der Waals surface area contributed by atoms with Crippen molar-refractivity contribution >= 4 is 17.4 Å². The number of halogens is 1. The largest absolute Gasteiger partial charge is 0.399 e. The van der Waals surface area contributed by atoms with Crippen LogP contribution in [0.15, 0.2) is 47.4 Å². The first kappa shape index (κ1) is 12.5. The van der Waals surface area contributed by atoms with E-state index in [9.17, 15) is 4.39 Å². The minimum atomic E-state index is -0.473. The van der Waals surface area contributed by atoms with Crippen LogP contribution in [-0.2, 0) is 5.75 Å². The lowest BCUT2D eigenvalue weighted by Gasteiger charge is -2.03. The summed E-state index contributed by atoms with van der Waals surface area (Å²) in [7, 11) is 0. The standard InChI is InChI=1S/C14H11FN2S/c15-14-6-1-10(7-11(14)8-16)9-18-13-4-2-12(17)3-5-13/h1-7H,9,17H2. The van der Waals surface area contributed by atoms with E-state index < -0.39 is 5.82 Å². The number of benzene rings is 2. The first-order valence-electron chi connectivity index (χ1n) is 5.36. The fraction of sp³-hybridized carbons (Fsp3) is 0.0714. The third kappa shape index (κ3) is 3.02. The van der Waals surface area contributed by atoms with Crippen molar-refractivity contribution in [3.63, 3.8) is 0 Å². The Kier molecular flexibility index (Phi) is 3.85. The highest BCUT2D eigenvalue weighted by Crippen LogP contribution is 2.24. The molecule has 0 heterocycles. The van der Waals surface area contributed by atoms with E-state index in [4.69, 9.17) is 11.0 Å². The quantitative estimate of drug-likeness (QED) is 0.676. The Balaban J connectivity index is 2.06. The van der Waals surface area contributed by atoms with Crippen LogP contribution >= 0.6 is 11.8 Å². The maximum Gasteiger partial charge on any atom is 0.140 e. The molecule has 18 heavy (non-hydrogen) atoms.